The fourth-order valence-electron chi connectivity index (χ4n) is 2.62. The Hall–Kier alpha value is -1.76. The van der Waals surface area contributed by atoms with E-state index in [2.05, 4.69) is 18.8 Å². The molecule has 2 rings (SSSR count). The van der Waals surface area contributed by atoms with Gasteiger partial charge in [0.25, 0.3) is 0 Å². The van der Waals surface area contributed by atoms with Crippen molar-refractivity contribution in [3.8, 4) is 5.75 Å². The van der Waals surface area contributed by atoms with E-state index in [9.17, 15) is 9.59 Å². The van der Waals surface area contributed by atoms with Crippen LogP contribution in [0.4, 0.5) is 0 Å². The van der Waals surface area contributed by atoms with Gasteiger partial charge >= 0.3 is 0 Å². The van der Waals surface area contributed by atoms with Crippen molar-refractivity contribution in [2.45, 2.75) is 46.6 Å². The molecule has 28 heavy (non-hydrogen) atoms. The molecule has 0 saturated heterocycles. The Morgan fingerprint density at radius 3 is 2.57 bits per heavy atom. The minimum atomic E-state index is -0.168. The van der Waals surface area contributed by atoms with Crippen molar-refractivity contribution in [2.24, 2.45) is 5.92 Å². The largest absolute Gasteiger partial charge is 0.489 e. The first-order valence-corrected chi connectivity index (χ1v) is 10.4. The van der Waals surface area contributed by atoms with E-state index in [1.165, 1.54) is 18.3 Å². The highest BCUT2D eigenvalue weighted by Crippen LogP contribution is 2.32. The van der Waals surface area contributed by atoms with Crippen LogP contribution in [-0.2, 0) is 17.6 Å². The van der Waals surface area contributed by atoms with Gasteiger partial charge in [0, 0.05) is 30.9 Å². The van der Waals surface area contributed by atoms with Crippen molar-refractivity contribution in [3.63, 3.8) is 0 Å². The Balaban J connectivity index is 2.27. The van der Waals surface area contributed by atoms with Gasteiger partial charge in [-0.05, 0) is 37.5 Å². The molecule has 0 bridgehead atoms. The molecule has 5 nitrogen and oxygen atoms in total. The monoisotopic (exact) mass is 423 g/mol. The summed E-state index contributed by atoms with van der Waals surface area (Å²) in [6, 6.07) is 3.30. The molecule has 0 N–H and O–H groups in total. The van der Waals surface area contributed by atoms with Crippen LogP contribution >= 0.6 is 22.9 Å². The maximum atomic E-state index is 12.8. The van der Waals surface area contributed by atoms with E-state index in [0.29, 0.717) is 35.1 Å². The van der Waals surface area contributed by atoms with Crippen LogP contribution in [0.1, 0.15) is 59.1 Å². The normalized spacial score (nSPS) is 12.2. The summed E-state index contributed by atoms with van der Waals surface area (Å²) in [6.45, 7) is 7.86. The average molecular weight is 424 g/mol. The molecule has 1 unspecified atom stereocenters. The van der Waals surface area contributed by atoms with Crippen LogP contribution in [0.15, 0.2) is 17.5 Å². The van der Waals surface area contributed by atoms with Gasteiger partial charge in [-0.15, -0.1) is 11.3 Å². The van der Waals surface area contributed by atoms with Crippen molar-refractivity contribution in [2.75, 3.05) is 13.7 Å². The maximum Gasteiger partial charge on any atom is 0.186 e. The van der Waals surface area contributed by atoms with Gasteiger partial charge in [0.05, 0.1) is 16.1 Å². The summed E-state index contributed by atoms with van der Waals surface area (Å²) >= 11 is 7.98. The Kier molecular flexibility index (Phi) is 8.16. The summed E-state index contributed by atoms with van der Waals surface area (Å²) in [4.78, 5) is 29.3. The minimum absolute atomic E-state index is 0.00434. The number of carbonyl (C=O) groups is 2. The predicted molar refractivity (Wildman–Crippen MR) is 112 cm³/mol. The highest BCUT2D eigenvalue weighted by atomic mass is 35.5. The SMILES string of the molecule is COC(C)COc1ccc(C(C)=O)c(CC(=O)c2csc(CC(C)C)n2)c1Cl. The van der Waals surface area contributed by atoms with E-state index in [1.807, 2.05) is 6.92 Å². The first kappa shape index (κ1) is 22.5. The zero-order valence-electron chi connectivity index (χ0n) is 16.9. The van der Waals surface area contributed by atoms with Gasteiger partial charge in [-0.2, -0.15) is 0 Å². The molecule has 0 fully saturated rings. The van der Waals surface area contributed by atoms with Crippen LogP contribution in [0.3, 0.4) is 0 Å². The van der Waals surface area contributed by atoms with Crippen molar-refractivity contribution in [1.29, 1.82) is 0 Å². The number of halogens is 1. The maximum absolute atomic E-state index is 12.8. The van der Waals surface area contributed by atoms with Gasteiger partial charge in [-0.25, -0.2) is 4.98 Å². The quantitative estimate of drug-likeness (QED) is 0.501. The third-order valence-electron chi connectivity index (χ3n) is 4.22. The fourth-order valence-corrected chi connectivity index (χ4v) is 3.92. The molecule has 2 aromatic rings. The number of benzene rings is 1. The summed E-state index contributed by atoms with van der Waals surface area (Å²) < 4.78 is 10.9. The van der Waals surface area contributed by atoms with Crippen LogP contribution in [0.5, 0.6) is 5.75 Å². The summed E-state index contributed by atoms with van der Waals surface area (Å²) in [5.74, 6) is 0.576. The van der Waals surface area contributed by atoms with Crippen LogP contribution in [-0.4, -0.2) is 36.4 Å². The molecule has 0 radical (unpaired) electrons. The summed E-state index contributed by atoms with van der Waals surface area (Å²) in [6.07, 6.45) is 0.719. The number of methoxy groups -OCH3 is 1. The van der Waals surface area contributed by atoms with Crippen molar-refractivity contribution in [3.05, 3.63) is 44.4 Å². The molecule has 0 aliphatic rings. The number of ketones is 2. The van der Waals surface area contributed by atoms with Gasteiger partial charge < -0.3 is 9.47 Å². The molecule has 0 aliphatic carbocycles. The number of hydrogen-bond acceptors (Lipinski definition) is 6. The number of ether oxygens (including phenoxy) is 2. The van der Waals surface area contributed by atoms with E-state index in [0.717, 1.165) is 11.4 Å². The Morgan fingerprint density at radius 1 is 1.25 bits per heavy atom. The number of hydrogen-bond donors (Lipinski definition) is 0. The number of nitrogens with zero attached hydrogens (tertiary/aromatic N) is 1. The summed E-state index contributed by atoms with van der Waals surface area (Å²) in [5.41, 5.74) is 1.30. The lowest BCUT2D eigenvalue weighted by atomic mass is 9.98. The summed E-state index contributed by atoms with van der Waals surface area (Å²) in [5, 5.41) is 2.98. The molecule has 0 saturated carbocycles. The topological polar surface area (TPSA) is 65.5 Å². The second-order valence-electron chi connectivity index (χ2n) is 7.14. The van der Waals surface area contributed by atoms with Gasteiger partial charge in [0.2, 0.25) is 0 Å². The molecule has 0 spiro atoms. The number of carbonyl (C=O) groups excluding carboxylic acids is 2. The zero-order valence-corrected chi connectivity index (χ0v) is 18.4. The van der Waals surface area contributed by atoms with Crippen molar-refractivity contribution >= 4 is 34.5 Å². The predicted octanol–water partition coefficient (Wildman–Crippen LogP) is 5.04. The van der Waals surface area contributed by atoms with Crippen LogP contribution in [0, 0.1) is 5.92 Å². The molecule has 0 aliphatic heterocycles. The molecular formula is C21H26ClNO4S. The number of rotatable bonds is 10. The van der Waals surface area contributed by atoms with E-state index < -0.39 is 0 Å². The molecule has 152 valence electrons. The van der Waals surface area contributed by atoms with Gasteiger partial charge in [-0.1, -0.05) is 25.4 Å². The van der Waals surface area contributed by atoms with E-state index in [1.54, 1.807) is 24.6 Å². The Morgan fingerprint density at radius 2 is 1.96 bits per heavy atom. The first-order chi connectivity index (χ1) is 13.2. The number of thiazole rings is 1. The van der Waals surface area contributed by atoms with Crippen LogP contribution < -0.4 is 4.74 Å². The van der Waals surface area contributed by atoms with E-state index in [-0.39, 0.29) is 29.1 Å². The third kappa shape index (κ3) is 5.87. The lowest BCUT2D eigenvalue weighted by molar-refractivity contribution is 0.0716. The van der Waals surface area contributed by atoms with Crippen molar-refractivity contribution < 1.29 is 19.1 Å². The molecule has 1 atom stereocenters. The Labute approximate surface area is 175 Å². The molecule has 1 aromatic carbocycles. The molecule has 1 aromatic heterocycles. The average Bonchev–Trinajstić information content (AvgIpc) is 3.09. The fraction of sp³-hybridized carbons (Fsp3) is 0.476. The van der Waals surface area contributed by atoms with E-state index in [4.69, 9.17) is 21.1 Å². The number of Topliss-reactive ketones (excluding diaryl/α,β-unsaturated/α-hetero) is 2. The first-order valence-electron chi connectivity index (χ1n) is 9.18. The van der Waals surface area contributed by atoms with Crippen LogP contribution in [0.2, 0.25) is 5.02 Å². The second-order valence-corrected chi connectivity index (χ2v) is 8.46. The Bertz CT molecular complexity index is 847. The molecule has 0 amide bonds. The highest BCUT2D eigenvalue weighted by molar-refractivity contribution is 7.09. The number of aromatic nitrogens is 1. The van der Waals surface area contributed by atoms with E-state index >= 15 is 0 Å². The minimum Gasteiger partial charge on any atom is -0.489 e. The highest BCUT2D eigenvalue weighted by Gasteiger charge is 2.21. The third-order valence-corrected chi connectivity index (χ3v) is 5.51. The molecular weight excluding hydrogens is 398 g/mol. The molecule has 7 heteroatoms. The lowest BCUT2D eigenvalue weighted by Gasteiger charge is -2.16. The second kappa shape index (κ2) is 10.1. The smallest absolute Gasteiger partial charge is 0.186 e. The lowest BCUT2D eigenvalue weighted by Crippen LogP contribution is -2.17. The van der Waals surface area contributed by atoms with Gasteiger partial charge in [0.15, 0.2) is 11.6 Å². The van der Waals surface area contributed by atoms with Crippen molar-refractivity contribution in [1.82, 2.24) is 4.98 Å². The van der Waals surface area contributed by atoms with Gasteiger partial charge in [-0.3, -0.25) is 9.59 Å². The van der Waals surface area contributed by atoms with Crippen LogP contribution in [0.25, 0.3) is 0 Å². The zero-order chi connectivity index (χ0) is 20.8. The summed E-state index contributed by atoms with van der Waals surface area (Å²) in [7, 11) is 1.60. The molecule has 1 heterocycles. The van der Waals surface area contributed by atoms with Gasteiger partial charge in [0.1, 0.15) is 18.1 Å². The standard InChI is InChI=1S/C21H26ClNO4S/c1-12(2)8-20-23-17(11-28-20)18(25)9-16-15(14(4)24)6-7-19(21(16)22)27-10-13(3)26-5/h6-7,11-13H,8-10H2,1-5H3.